The lowest BCUT2D eigenvalue weighted by molar-refractivity contribution is -0.118. The van der Waals surface area contributed by atoms with Crippen molar-refractivity contribution in [3.05, 3.63) is 58.9 Å². The van der Waals surface area contributed by atoms with Gasteiger partial charge < -0.3 is 4.57 Å². The Morgan fingerprint density at radius 3 is 2.90 bits per heavy atom. The van der Waals surface area contributed by atoms with Crippen molar-refractivity contribution in [3.63, 3.8) is 0 Å². The average molecular weight is 290 g/mol. The summed E-state index contributed by atoms with van der Waals surface area (Å²) in [4.78, 5) is 19.8. The molecule has 0 aromatic carbocycles. The molecule has 20 heavy (non-hydrogen) atoms. The molecule has 4 nitrogen and oxygen atoms in total. The molecule has 104 valence electrons. The van der Waals surface area contributed by atoms with Crippen molar-refractivity contribution in [3.8, 4) is 0 Å². The van der Waals surface area contributed by atoms with E-state index in [4.69, 9.17) is 11.6 Å². The third-order valence-corrected chi connectivity index (χ3v) is 2.98. The van der Waals surface area contributed by atoms with Gasteiger partial charge in [-0.2, -0.15) is 4.99 Å². The van der Waals surface area contributed by atoms with Gasteiger partial charge in [0.15, 0.2) is 0 Å². The van der Waals surface area contributed by atoms with Crippen molar-refractivity contribution >= 4 is 17.5 Å². The summed E-state index contributed by atoms with van der Waals surface area (Å²) in [5.41, 5.74) is 1.66. The monoisotopic (exact) mass is 289 g/mol. The van der Waals surface area contributed by atoms with E-state index in [1.54, 1.807) is 12.3 Å². The number of hydrogen-bond acceptors (Lipinski definition) is 2. The van der Waals surface area contributed by atoms with E-state index in [0.29, 0.717) is 23.6 Å². The Kier molecular flexibility index (Phi) is 5.07. The number of aromatic nitrogens is 2. The van der Waals surface area contributed by atoms with Crippen molar-refractivity contribution in [2.75, 3.05) is 0 Å². The Morgan fingerprint density at radius 1 is 1.35 bits per heavy atom. The number of nitrogens with zero attached hydrogens (tertiary/aromatic N) is 3. The van der Waals surface area contributed by atoms with Crippen molar-refractivity contribution in [1.82, 2.24) is 9.55 Å². The first-order valence-corrected chi connectivity index (χ1v) is 6.90. The van der Waals surface area contributed by atoms with E-state index >= 15 is 0 Å². The van der Waals surface area contributed by atoms with Crippen LogP contribution in [0.5, 0.6) is 0 Å². The second-order valence-electron chi connectivity index (χ2n) is 4.43. The van der Waals surface area contributed by atoms with Crippen molar-refractivity contribution in [2.24, 2.45) is 4.99 Å². The van der Waals surface area contributed by atoms with Crippen molar-refractivity contribution in [2.45, 2.75) is 26.3 Å². The molecule has 1 amide bonds. The summed E-state index contributed by atoms with van der Waals surface area (Å²) < 4.78 is 1.92. The zero-order chi connectivity index (χ0) is 14.4. The summed E-state index contributed by atoms with van der Waals surface area (Å²) in [6, 6.07) is 9.27. The van der Waals surface area contributed by atoms with E-state index in [1.807, 2.05) is 42.0 Å². The molecule has 0 radical (unpaired) electrons. The number of carbonyl (C=O) groups is 1. The summed E-state index contributed by atoms with van der Waals surface area (Å²) in [5.74, 6) is -0.0957. The van der Waals surface area contributed by atoms with Gasteiger partial charge in [-0.05, 0) is 30.2 Å². The number of hydrogen-bond donors (Lipinski definition) is 0. The summed E-state index contributed by atoms with van der Waals surface area (Å²) in [5, 5.41) is 0.467. The van der Waals surface area contributed by atoms with Crippen LogP contribution in [0.15, 0.2) is 47.7 Å². The molecule has 0 aliphatic carbocycles. The van der Waals surface area contributed by atoms with E-state index in [1.165, 1.54) is 0 Å². The third-order valence-electron chi connectivity index (χ3n) is 2.76. The average Bonchev–Trinajstić information content (AvgIpc) is 2.44. The maximum absolute atomic E-state index is 11.7. The number of amides is 1. The molecule has 0 unspecified atom stereocenters. The molecular formula is C15H16ClN3O. The predicted molar refractivity (Wildman–Crippen MR) is 78.3 cm³/mol. The molecule has 0 spiro atoms. The van der Waals surface area contributed by atoms with Gasteiger partial charge in [-0.1, -0.05) is 30.7 Å². The number of rotatable bonds is 4. The van der Waals surface area contributed by atoms with Gasteiger partial charge in [-0.25, -0.2) is 4.98 Å². The molecule has 2 rings (SSSR count). The second-order valence-corrected chi connectivity index (χ2v) is 4.82. The lowest BCUT2D eigenvalue weighted by Crippen LogP contribution is -2.22. The zero-order valence-electron chi connectivity index (χ0n) is 11.3. The van der Waals surface area contributed by atoms with Crippen LogP contribution in [0.25, 0.3) is 0 Å². The van der Waals surface area contributed by atoms with Crippen LogP contribution in [0.2, 0.25) is 5.15 Å². The predicted octanol–water partition coefficient (Wildman–Crippen LogP) is 2.81. The van der Waals surface area contributed by atoms with E-state index in [9.17, 15) is 4.79 Å². The SMILES string of the molecule is CCCC(=O)N=c1ccccn1Cc1ccc(Cl)nc1. The largest absolute Gasteiger partial charge is 0.328 e. The Morgan fingerprint density at radius 2 is 2.20 bits per heavy atom. The van der Waals surface area contributed by atoms with Gasteiger partial charge in [-0.15, -0.1) is 0 Å². The fraction of sp³-hybridized carbons (Fsp3) is 0.267. The van der Waals surface area contributed by atoms with E-state index in [2.05, 4.69) is 9.98 Å². The van der Waals surface area contributed by atoms with Crippen LogP contribution < -0.4 is 5.49 Å². The van der Waals surface area contributed by atoms with Gasteiger partial charge in [0.25, 0.3) is 0 Å². The first kappa shape index (κ1) is 14.5. The van der Waals surface area contributed by atoms with Crippen LogP contribution in [-0.4, -0.2) is 15.5 Å². The minimum atomic E-state index is -0.0957. The molecular weight excluding hydrogens is 274 g/mol. The Labute approximate surface area is 122 Å². The third kappa shape index (κ3) is 4.03. The second kappa shape index (κ2) is 7.01. The fourth-order valence-electron chi connectivity index (χ4n) is 1.80. The van der Waals surface area contributed by atoms with Crippen LogP contribution in [0, 0.1) is 0 Å². The molecule has 0 fully saturated rings. The van der Waals surface area contributed by atoms with Crippen LogP contribution in [-0.2, 0) is 11.3 Å². The molecule has 2 aromatic rings. The van der Waals surface area contributed by atoms with Crippen molar-refractivity contribution < 1.29 is 4.79 Å². The van der Waals surface area contributed by atoms with Crippen LogP contribution in [0.1, 0.15) is 25.3 Å². The van der Waals surface area contributed by atoms with E-state index < -0.39 is 0 Å². The smallest absolute Gasteiger partial charge is 0.247 e. The van der Waals surface area contributed by atoms with Gasteiger partial charge in [0, 0.05) is 18.8 Å². The number of carbonyl (C=O) groups excluding carboxylic acids is 1. The Balaban J connectivity index is 2.28. The van der Waals surface area contributed by atoms with Crippen LogP contribution in [0.3, 0.4) is 0 Å². The van der Waals surface area contributed by atoms with Crippen LogP contribution in [0.4, 0.5) is 0 Å². The van der Waals surface area contributed by atoms with Crippen molar-refractivity contribution in [1.29, 1.82) is 0 Å². The molecule has 5 heteroatoms. The lowest BCUT2D eigenvalue weighted by Gasteiger charge is -2.07. The summed E-state index contributed by atoms with van der Waals surface area (Å²) in [7, 11) is 0. The van der Waals surface area contributed by atoms with E-state index in [0.717, 1.165) is 12.0 Å². The van der Waals surface area contributed by atoms with Gasteiger partial charge >= 0.3 is 0 Å². The maximum Gasteiger partial charge on any atom is 0.247 e. The first-order chi connectivity index (χ1) is 9.69. The van der Waals surface area contributed by atoms with Crippen LogP contribution >= 0.6 is 11.6 Å². The highest BCUT2D eigenvalue weighted by Gasteiger charge is 2.00. The number of halogens is 1. The quantitative estimate of drug-likeness (QED) is 0.813. The van der Waals surface area contributed by atoms with Gasteiger partial charge in [-0.3, -0.25) is 4.79 Å². The Bertz CT molecular complexity index is 647. The highest BCUT2D eigenvalue weighted by molar-refractivity contribution is 6.29. The van der Waals surface area contributed by atoms with Gasteiger partial charge in [0.2, 0.25) is 5.91 Å². The topological polar surface area (TPSA) is 47.2 Å². The molecule has 0 aliphatic heterocycles. The summed E-state index contributed by atoms with van der Waals surface area (Å²) in [6.07, 6.45) is 4.89. The fourth-order valence-corrected chi connectivity index (χ4v) is 1.91. The highest BCUT2D eigenvalue weighted by Crippen LogP contribution is 2.06. The molecule has 0 bridgehead atoms. The maximum atomic E-state index is 11.7. The summed E-state index contributed by atoms with van der Waals surface area (Å²) >= 11 is 5.77. The normalized spacial score (nSPS) is 11.6. The number of pyridine rings is 2. The standard InChI is InChI=1S/C15H16ClN3O/c1-2-5-15(20)18-14-6-3-4-9-19(14)11-12-7-8-13(16)17-10-12/h3-4,6-10H,2,5,11H2,1H3. The summed E-state index contributed by atoms with van der Waals surface area (Å²) in [6.45, 7) is 2.56. The lowest BCUT2D eigenvalue weighted by atomic mass is 10.3. The van der Waals surface area contributed by atoms with E-state index in [-0.39, 0.29) is 5.91 Å². The molecule has 0 N–H and O–H groups in total. The Hall–Kier alpha value is -1.94. The molecule has 0 saturated heterocycles. The molecule has 0 atom stereocenters. The zero-order valence-corrected chi connectivity index (χ0v) is 12.0. The highest BCUT2D eigenvalue weighted by atomic mass is 35.5. The first-order valence-electron chi connectivity index (χ1n) is 6.52. The molecule has 2 aromatic heterocycles. The molecule has 0 aliphatic rings. The van der Waals surface area contributed by atoms with Gasteiger partial charge in [0.05, 0.1) is 6.54 Å². The minimum Gasteiger partial charge on any atom is -0.328 e. The molecule has 0 saturated carbocycles. The minimum absolute atomic E-state index is 0.0957. The molecule has 2 heterocycles. The van der Waals surface area contributed by atoms with Gasteiger partial charge in [0.1, 0.15) is 10.6 Å².